The van der Waals surface area contributed by atoms with E-state index in [0.717, 1.165) is 31.5 Å². The number of carbonyl (C=O) groups is 2. The Bertz CT molecular complexity index is 744. The Balaban J connectivity index is 1.57. The first-order valence-electron chi connectivity index (χ1n) is 10.6. The Kier molecular flexibility index (Phi) is 5.21. The lowest BCUT2D eigenvalue weighted by Gasteiger charge is -2.57. The Morgan fingerprint density at radius 1 is 1.32 bits per heavy atom. The largest absolute Gasteiger partial charge is 0.351 e. The second kappa shape index (κ2) is 7.50. The van der Waals surface area contributed by atoms with Crippen molar-refractivity contribution in [3.05, 3.63) is 17.5 Å². The van der Waals surface area contributed by atoms with E-state index in [1.54, 1.807) is 6.07 Å². The molecule has 7 nitrogen and oxygen atoms in total. The Hall–Kier alpha value is -1.89. The van der Waals surface area contributed by atoms with Gasteiger partial charge < -0.3 is 19.2 Å². The lowest BCUT2D eigenvalue weighted by Crippen LogP contribution is -2.67. The summed E-state index contributed by atoms with van der Waals surface area (Å²) in [6.07, 6.45) is 3.78. The van der Waals surface area contributed by atoms with E-state index in [9.17, 15) is 9.59 Å². The monoisotopic (exact) mass is 388 g/mol. The second-order valence-corrected chi connectivity index (χ2v) is 9.33. The van der Waals surface area contributed by atoms with Gasteiger partial charge in [0, 0.05) is 44.2 Å². The van der Waals surface area contributed by atoms with Gasteiger partial charge in [-0.2, -0.15) is 0 Å². The summed E-state index contributed by atoms with van der Waals surface area (Å²) in [4.78, 5) is 32.2. The number of piperidine rings is 3. The van der Waals surface area contributed by atoms with E-state index in [2.05, 4.69) is 29.1 Å². The minimum Gasteiger partial charge on any atom is -0.351 e. The fourth-order valence-corrected chi connectivity index (χ4v) is 5.37. The van der Waals surface area contributed by atoms with Crippen molar-refractivity contribution < 1.29 is 14.1 Å². The predicted octanol–water partition coefficient (Wildman–Crippen LogP) is 2.20. The maximum atomic E-state index is 13.1. The van der Waals surface area contributed by atoms with Crippen molar-refractivity contribution in [3.63, 3.8) is 0 Å². The number of nitrogens with zero attached hydrogens (tertiary/aromatic N) is 4. The first kappa shape index (κ1) is 19.4. The standard InChI is InChI=1S/C21H32N4O3/c1-13(2)16-9-19(28-22-16)21(27)24-10-14-8-15(11-24)18(12-23(3)4)25-17(14)6-5-7-20(25)26/h9,13-15,17-18H,5-8,10-12H2,1-4H3/t14-,15+,17+,18+/m1/s1. The number of amides is 2. The van der Waals surface area contributed by atoms with Crippen LogP contribution in [0.3, 0.4) is 0 Å². The third-order valence-corrected chi connectivity index (χ3v) is 6.67. The molecular formula is C21H32N4O3. The van der Waals surface area contributed by atoms with Crippen LogP contribution in [0.5, 0.6) is 0 Å². The third kappa shape index (κ3) is 3.45. The molecule has 0 spiro atoms. The average Bonchev–Trinajstić information content (AvgIpc) is 3.15. The zero-order chi connectivity index (χ0) is 20.0. The summed E-state index contributed by atoms with van der Waals surface area (Å²) in [7, 11) is 4.12. The molecule has 0 saturated carbocycles. The molecule has 1 aromatic heterocycles. The summed E-state index contributed by atoms with van der Waals surface area (Å²) in [6.45, 7) is 6.32. The Labute approximate surface area is 167 Å². The van der Waals surface area contributed by atoms with Gasteiger partial charge in [-0.3, -0.25) is 9.59 Å². The van der Waals surface area contributed by atoms with E-state index in [1.165, 1.54) is 0 Å². The van der Waals surface area contributed by atoms with Gasteiger partial charge in [0.2, 0.25) is 11.7 Å². The van der Waals surface area contributed by atoms with Crippen molar-refractivity contribution in [3.8, 4) is 0 Å². The molecule has 2 bridgehead atoms. The van der Waals surface area contributed by atoms with Gasteiger partial charge in [0.25, 0.3) is 5.91 Å². The molecule has 4 atom stereocenters. The molecule has 0 radical (unpaired) electrons. The molecule has 154 valence electrons. The summed E-state index contributed by atoms with van der Waals surface area (Å²) in [5.41, 5.74) is 0.815. The first-order chi connectivity index (χ1) is 13.3. The number of likely N-dealkylation sites (tertiary alicyclic amines) is 1. The van der Waals surface area contributed by atoms with E-state index in [1.807, 2.05) is 18.7 Å². The van der Waals surface area contributed by atoms with Crippen LogP contribution in [0.2, 0.25) is 0 Å². The van der Waals surface area contributed by atoms with Gasteiger partial charge in [-0.05, 0) is 51.1 Å². The molecule has 7 heteroatoms. The fourth-order valence-electron chi connectivity index (χ4n) is 5.37. The normalized spacial score (nSPS) is 30.1. The summed E-state index contributed by atoms with van der Waals surface area (Å²) < 4.78 is 5.36. The number of rotatable bonds is 4. The van der Waals surface area contributed by atoms with Gasteiger partial charge in [0.05, 0.1) is 5.69 Å². The molecule has 0 aromatic carbocycles. The van der Waals surface area contributed by atoms with Crippen LogP contribution in [0.1, 0.15) is 61.7 Å². The van der Waals surface area contributed by atoms with Gasteiger partial charge in [-0.15, -0.1) is 0 Å². The highest BCUT2D eigenvalue weighted by molar-refractivity contribution is 5.91. The van der Waals surface area contributed by atoms with Crippen LogP contribution in [0.25, 0.3) is 0 Å². The maximum absolute atomic E-state index is 13.1. The molecule has 3 saturated heterocycles. The maximum Gasteiger partial charge on any atom is 0.292 e. The summed E-state index contributed by atoms with van der Waals surface area (Å²) >= 11 is 0. The third-order valence-electron chi connectivity index (χ3n) is 6.67. The van der Waals surface area contributed by atoms with Gasteiger partial charge in [0.15, 0.2) is 0 Å². The number of likely N-dealkylation sites (N-methyl/N-ethyl adjacent to an activating group) is 1. The van der Waals surface area contributed by atoms with E-state index >= 15 is 0 Å². The van der Waals surface area contributed by atoms with Crippen molar-refractivity contribution >= 4 is 11.8 Å². The summed E-state index contributed by atoms with van der Waals surface area (Å²) in [5.74, 6) is 1.48. The van der Waals surface area contributed by atoms with E-state index in [4.69, 9.17) is 4.52 Å². The molecule has 3 aliphatic rings. The molecule has 28 heavy (non-hydrogen) atoms. The lowest BCUT2D eigenvalue weighted by molar-refractivity contribution is -0.152. The highest BCUT2D eigenvalue weighted by Gasteiger charge is 2.50. The van der Waals surface area contributed by atoms with Crippen LogP contribution in [-0.4, -0.2) is 77.5 Å². The van der Waals surface area contributed by atoms with Gasteiger partial charge >= 0.3 is 0 Å². The first-order valence-corrected chi connectivity index (χ1v) is 10.6. The topological polar surface area (TPSA) is 69.9 Å². The molecule has 3 fully saturated rings. The molecule has 3 aliphatic heterocycles. The molecule has 4 heterocycles. The molecular weight excluding hydrogens is 356 g/mol. The van der Waals surface area contributed by atoms with Crippen molar-refractivity contribution in [1.82, 2.24) is 19.9 Å². The van der Waals surface area contributed by atoms with Crippen LogP contribution in [0.15, 0.2) is 10.6 Å². The van der Waals surface area contributed by atoms with Crippen LogP contribution in [0.4, 0.5) is 0 Å². The molecule has 0 N–H and O–H groups in total. The SMILES string of the molecule is CC(C)c1cc(C(=O)N2C[C@H]3C[C@@H](C2)[C@H](CN(C)C)N2C(=O)CCC[C@@H]32)on1. The Morgan fingerprint density at radius 3 is 2.75 bits per heavy atom. The number of hydrogen-bond acceptors (Lipinski definition) is 5. The van der Waals surface area contributed by atoms with Crippen LogP contribution < -0.4 is 0 Å². The minimum absolute atomic E-state index is 0.0618. The van der Waals surface area contributed by atoms with Crippen LogP contribution in [-0.2, 0) is 4.79 Å². The van der Waals surface area contributed by atoms with Crippen molar-refractivity contribution in [1.29, 1.82) is 0 Å². The van der Waals surface area contributed by atoms with Gasteiger partial charge in [-0.1, -0.05) is 19.0 Å². The fraction of sp³-hybridized carbons (Fsp3) is 0.762. The van der Waals surface area contributed by atoms with Crippen molar-refractivity contribution in [2.75, 3.05) is 33.7 Å². The second-order valence-electron chi connectivity index (χ2n) is 9.33. The highest BCUT2D eigenvalue weighted by atomic mass is 16.5. The van der Waals surface area contributed by atoms with E-state index < -0.39 is 0 Å². The molecule has 1 aromatic rings. The van der Waals surface area contributed by atoms with Crippen molar-refractivity contribution in [2.45, 2.75) is 57.5 Å². The van der Waals surface area contributed by atoms with Crippen LogP contribution in [0, 0.1) is 11.8 Å². The molecule has 4 rings (SSSR count). The van der Waals surface area contributed by atoms with Crippen molar-refractivity contribution in [2.24, 2.45) is 11.8 Å². The van der Waals surface area contributed by atoms with Crippen LogP contribution >= 0.6 is 0 Å². The number of carbonyl (C=O) groups excluding carboxylic acids is 2. The van der Waals surface area contributed by atoms with E-state index in [-0.39, 0.29) is 23.9 Å². The minimum atomic E-state index is -0.0618. The smallest absolute Gasteiger partial charge is 0.292 e. The summed E-state index contributed by atoms with van der Waals surface area (Å²) in [6, 6.07) is 2.23. The molecule has 0 unspecified atom stereocenters. The molecule has 0 aliphatic carbocycles. The average molecular weight is 389 g/mol. The van der Waals surface area contributed by atoms with Gasteiger partial charge in [-0.25, -0.2) is 0 Å². The predicted molar refractivity (Wildman–Crippen MR) is 105 cm³/mol. The number of hydrogen-bond donors (Lipinski definition) is 0. The summed E-state index contributed by atoms with van der Waals surface area (Å²) in [5, 5.41) is 4.05. The quantitative estimate of drug-likeness (QED) is 0.791. The molecule has 2 amide bonds. The highest BCUT2D eigenvalue weighted by Crippen LogP contribution is 2.42. The number of aromatic nitrogens is 1. The Morgan fingerprint density at radius 2 is 2.07 bits per heavy atom. The number of fused-ring (bicyclic) bond motifs is 4. The zero-order valence-electron chi connectivity index (χ0n) is 17.4. The lowest BCUT2D eigenvalue weighted by atomic mass is 9.72. The van der Waals surface area contributed by atoms with E-state index in [0.29, 0.717) is 43.0 Å². The zero-order valence-corrected chi connectivity index (χ0v) is 17.4. The van der Waals surface area contributed by atoms with Gasteiger partial charge in [0.1, 0.15) is 0 Å².